The number of hydrogen-bond donors (Lipinski definition) is 1. The molecule has 2 saturated heterocycles. The molecule has 1 spiro atoms. The fourth-order valence-electron chi connectivity index (χ4n) is 5.76. The summed E-state index contributed by atoms with van der Waals surface area (Å²) < 4.78 is 9.71. The SMILES string of the molecule is O=C(Nc1csc(-c2nncn2C2CC2)n1)c1cc(-n2cnc(C3CC3)c2)c(N2CC3(CCOCC3)C2)cn1. The Morgan fingerprint density at radius 3 is 2.72 bits per heavy atom. The molecule has 200 valence electrons. The van der Waals surface area contributed by atoms with E-state index in [9.17, 15) is 4.79 Å². The average molecular weight is 544 g/mol. The topological polar surface area (TPSA) is 116 Å². The van der Waals surface area contributed by atoms with Crippen molar-refractivity contribution in [3.63, 3.8) is 0 Å². The number of thiazole rings is 1. The van der Waals surface area contributed by atoms with E-state index >= 15 is 0 Å². The maximum absolute atomic E-state index is 13.3. The van der Waals surface area contributed by atoms with Crippen molar-refractivity contribution < 1.29 is 9.53 Å². The van der Waals surface area contributed by atoms with E-state index in [2.05, 4.69) is 46.1 Å². The highest BCUT2D eigenvalue weighted by Gasteiger charge is 2.44. The zero-order chi connectivity index (χ0) is 26.0. The third-order valence-electron chi connectivity index (χ3n) is 8.37. The molecule has 4 aliphatic rings. The van der Waals surface area contributed by atoms with E-state index in [-0.39, 0.29) is 5.91 Å². The molecule has 0 bridgehead atoms. The summed E-state index contributed by atoms with van der Waals surface area (Å²) in [4.78, 5) is 29.6. The second-order valence-electron chi connectivity index (χ2n) is 11.3. The molecule has 1 N–H and O–H groups in total. The quantitative estimate of drug-likeness (QED) is 0.371. The van der Waals surface area contributed by atoms with Gasteiger partial charge in [-0.05, 0) is 44.6 Å². The maximum atomic E-state index is 13.3. The van der Waals surface area contributed by atoms with Crippen LogP contribution in [0.2, 0.25) is 0 Å². The van der Waals surface area contributed by atoms with Gasteiger partial charge in [-0.15, -0.1) is 21.5 Å². The molecular formula is C27H29N9O2S. The number of carbonyl (C=O) groups excluding carboxylic acids is 1. The van der Waals surface area contributed by atoms with E-state index in [1.165, 1.54) is 24.2 Å². The molecule has 2 aliphatic heterocycles. The summed E-state index contributed by atoms with van der Waals surface area (Å²) in [5.41, 5.74) is 3.73. The zero-order valence-electron chi connectivity index (χ0n) is 21.5. The number of ether oxygens (including phenoxy) is 1. The van der Waals surface area contributed by atoms with E-state index in [0.29, 0.717) is 28.9 Å². The number of carbonyl (C=O) groups is 1. The zero-order valence-corrected chi connectivity index (χ0v) is 22.3. The first-order valence-electron chi connectivity index (χ1n) is 13.7. The second kappa shape index (κ2) is 8.95. The molecule has 2 aliphatic carbocycles. The lowest BCUT2D eigenvalue weighted by molar-refractivity contribution is -0.000212. The molecule has 6 heterocycles. The van der Waals surface area contributed by atoms with Gasteiger partial charge in [0.05, 0.1) is 29.6 Å². The predicted molar refractivity (Wildman–Crippen MR) is 145 cm³/mol. The normalized spacial score (nSPS) is 20.3. The summed E-state index contributed by atoms with van der Waals surface area (Å²) >= 11 is 1.45. The van der Waals surface area contributed by atoms with Gasteiger partial charge < -0.3 is 24.1 Å². The van der Waals surface area contributed by atoms with Crippen LogP contribution in [0, 0.1) is 5.41 Å². The third kappa shape index (κ3) is 4.31. The molecule has 4 fully saturated rings. The third-order valence-corrected chi connectivity index (χ3v) is 9.21. The summed E-state index contributed by atoms with van der Waals surface area (Å²) in [5, 5.41) is 13.8. The van der Waals surface area contributed by atoms with Gasteiger partial charge in [-0.3, -0.25) is 4.79 Å². The van der Waals surface area contributed by atoms with Gasteiger partial charge in [0.1, 0.15) is 17.8 Å². The fraction of sp³-hybridized carbons (Fsp3) is 0.481. The number of rotatable bonds is 7. The van der Waals surface area contributed by atoms with Crippen molar-refractivity contribution in [2.75, 3.05) is 36.5 Å². The van der Waals surface area contributed by atoms with Crippen molar-refractivity contribution in [2.24, 2.45) is 5.41 Å². The van der Waals surface area contributed by atoms with Gasteiger partial charge in [0.15, 0.2) is 10.8 Å². The van der Waals surface area contributed by atoms with E-state index < -0.39 is 0 Å². The standard InChI is InChI=1S/C27H29N9O2S/c37-25(31-23-12-39-26(32-23)24-33-30-16-36(24)18-3-4-18)19-9-21(34-11-20(29-15-34)17-1-2-17)22(10-28-19)35-13-27(14-35)5-7-38-8-6-27/h9-12,15-18H,1-8,13-14H2,(H,31,37). The highest BCUT2D eigenvalue weighted by atomic mass is 32.1. The van der Waals surface area contributed by atoms with Gasteiger partial charge in [0.25, 0.3) is 5.91 Å². The predicted octanol–water partition coefficient (Wildman–Crippen LogP) is 4.06. The van der Waals surface area contributed by atoms with Crippen LogP contribution >= 0.6 is 11.3 Å². The number of anilines is 2. The van der Waals surface area contributed by atoms with Crippen LogP contribution in [0.15, 0.2) is 36.5 Å². The van der Waals surface area contributed by atoms with Gasteiger partial charge >= 0.3 is 0 Å². The Balaban J connectivity index is 1.06. The number of nitrogens with one attached hydrogen (secondary N) is 1. The Hall–Kier alpha value is -3.64. The van der Waals surface area contributed by atoms with Crippen molar-refractivity contribution in [3.8, 4) is 16.5 Å². The van der Waals surface area contributed by atoms with Gasteiger partial charge in [0, 0.05) is 55.3 Å². The second-order valence-corrected chi connectivity index (χ2v) is 12.1. The van der Waals surface area contributed by atoms with Gasteiger partial charge in [-0.2, -0.15) is 0 Å². The Morgan fingerprint density at radius 2 is 1.92 bits per heavy atom. The molecule has 0 unspecified atom stereocenters. The van der Waals surface area contributed by atoms with Crippen LogP contribution in [0.3, 0.4) is 0 Å². The maximum Gasteiger partial charge on any atom is 0.275 e. The largest absolute Gasteiger partial charge is 0.381 e. The van der Waals surface area contributed by atoms with Crippen molar-refractivity contribution >= 4 is 28.7 Å². The number of imidazole rings is 1. The summed E-state index contributed by atoms with van der Waals surface area (Å²) in [6, 6.07) is 2.32. The van der Waals surface area contributed by atoms with Gasteiger partial charge in [-0.1, -0.05) is 0 Å². The Morgan fingerprint density at radius 1 is 1.08 bits per heavy atom. The lowest BCUT2D eigenvalue weighted by atomic mass is 9.73. The van der Waals surface area contributed by atoms with Crippen LogP contribution in [0.5, 0.6) is 0 Å². The van der Waals surface area contributed by atoms with E-state index in [4.69, 9.17) is 4.74 Å². The van der Waals surface area contributed by atoms with Crippen LogP contribution in [0.4, 0.5) is 11.5 Å². The molecule has 8 rings (SSSR count). The fourth-order valence-corrected chi connectivity index (χ4v) is 6.49. The number of aromatic nitrogens is 7. The number of hydrogen-bond acceptors (Lipinski definition) is 9. The van der Waals surface area contributed by atoms with E-state index in [1.807, 2.05) is 28.5 Å². The number of amides is 1. The minimum absolute atomic E-state index is 0.296. The summed E-state index contributed by atoms with van der Waals surface area (Å²) in [5.74, 6) is 1.49. The Labute approximate surface area is 229 Å². The highest BCUT2D eigenvalue weighted by Crippen LogP contribution is 2.44. The lowest BCUT2D eigenvalue weighted by Gasteiger charge is -2.53. The molecular weight excluding hydrogens is 514 g/mol. The molecule has 39 heavy (non-hydrogen) atoms. The molecule has 4 aromatic heterocycles. The van der Waals surface area contributed by atoms with E-state index in [0.717, 1.165) is 79.9 Å². The van der Waals surface area contributed by atoms with Gasteiger partial charge in [-0.25, -0.2) is 15.0 Å². The minimum atomic E-state index is -0.296. The summed E-state index contributed by atoms with van der Waals surface area (Å²) in [6.07, 6.45) is 14.4. The summed E-state index contributed by atoms with van der Waals surface area (Å²) in [7, 11) is 0. The molecule has 1 amide bonds. The lowest BCUT2D eigenvalue weighted by Crippen LogP contribution is -2.58. The Bertz CT molecular complexity index is 1540. The molecule has 4 aromatic rings. The monoisotopic (exact) mass is 543 g/mol. The van der Waals surface area contributed by atoms with Gasteiger partial charge in [0.2, 0.25) is 0 Å². The first-order chi connectivity index (χ1) is 19.1. The van der Waals surface area contributed by atoms with Crippen LogP contribution in [0.1, 0.15) is 66.7 Å². The molecule has 0 aromatic carbocycles. The molecule has 2 saturated carbocycles. The highest BCUT2D eigenvalue weighted by molar-refractivity contribution is 7.13. The molecule has 0 atom stereocenters. The van der Waals surface area contributed by atoms with Crippen LogP contribution in [0.25, 0.3) is 16.5 Å². The van der Waals surface area contributed by atoms with Crippen LogP contribution in [-0.2, 0) is 4.74 Å². The minimum Gasteiger partial charge on any atom is -0.381 e. The van der Waals surface area contributed by atoms with Crippen molar-refractivity contribution in [3.05, 3.63) is 47.9 Å². The van der Waals surface area contributed by atoms with Crippen molar-refractivity contribution in [1.29, 1.82) is 0 Å². The van der Waals surface area contributed by atoms with Crippen molar-refractivity contribution in [1.82, 2.24) is 34.3 Å². The first kappa shape index (κ1) is 23.3. The first-order valence-corrected chi connectivity index (χ1v) is 14.6. The van der Waals surface area contributed by atoms with Crippen LogP contribution in [-0.4, -0.2) is 66.5 Å². The number of pyridine rings is 1. The van der Waals surface area contributed by atoms with Crippen molar-refractivity contribution in [2.45, 2.75) is 50.5 Å². The van der Waals surface area contributed by atoms with Crippen LogP contribution < -0.4 is 10.2 Å². The number of nitrogens with zero attached hydrogens (tertiary/aromatic N) is 8. The molecule has 11 nitrogen and oxygen atoms in total. The average Bonchev–Trinajstić information content (AvgIpc) is 3.82. The molecule has 0 radical (unpaired) electrons. The smallest absolute Gasteiger partial charge is 0.275 e. The Kier molecular flexibility index (Phi) is 5.34. The summed E-state index contributed by atoms with van der Waals surface area (Å²) in [6.45, 7) is 3.63. The van der Waals surface area contributed by atoms with E-state index in [1.54, 1.807) is 6.33 Å². The molecule has 12 heteroatoms.